The van der Waals surface area contributed by atoms with E-state index < -0.39 is 10.0 Å². The van der Waals surface area contributed by atoms with Crippen LogP contribution in [0.1, 0.15) is 34.6 Å². The zero-order valence-corrected chi connectivity index (χ0v) is 10.3. The molecule has 0 unspecified atom stereocenters. The van der Waals surface area contributed by atoms with Gasteiger partial charge in [-0.15, -0.1) is 0 Å². The minimum absolute atomic E-state index is 0.286. The van der Waals surface area contributed by atoms with Crippen molar-refractivity contribution in [3.05, 3.63) is 10.5 Å². The molecule has 1 rings (SSSR count). The highest BCUT2D eigenvalue weighted by Crippen LogP contribution is 2.37. The van der Waals surface area contributed by atoms with Crippen LogP contribution in [-0.2, 0) is 10.0 Å². The summed E-state index contributed by atoms with van der Waals surface area (Å²) in [5.41, 5.74) is 0.722. The molecule has 0 fully saturated rings. The molecule has 4 heteroatoms. The highest BCUT2D eigenvalue weighted by Gasteiger charge is 2.37. The first-order valence-corrected chi connectivity index (χ1v) is 6.38. The van der Waals surface area contributed by atoms with E-state index >= 15 is 0 Å². The van der Waals surface area contributed by atoms with Crippen molar-refractivity contribution in [3.63, 3.8) is 0 Å². The van der Waals surface area contributed by atoms with Crippen LogP contribution in [0.2, 0.25) is 0 Å². The SMILES string of the molecule is CC(C)C1=C(C(C)(C)C)S(=O)(=O)NC1. The van der Waals surface area contributed by atoms with Crippen LogP contribution in [0.4, 0.5) is 0 Å². The quantitative estimate of drug-likeness (QED) is 0.729. The minimum Gasteiger partial charge on any atom is -0.207 e. The van der Waals surface area contributed by atoms with Gasteiger partial charge in [0.2, 0.25) is 10.0 Å². The van der Waals surface area contributed by atoms with Gasteiger partial charge in [-0.3, -0.25) is 0 Å². The lowest BCUT2D eigenvalue weighted by Gasteiger charge is -2.22. The molecule has 1 heterocycles. The van der Waals surface area contributed by atoms with Gasteiger partial charge in [-0.2, -0.15) is 0 Å². The third-order valence-electron chi connectivity index (χ3n) is 2.39. The van der Waals surface area contributed by atoms with Crippen LogP contribution in [0, 0.1) is 11.3 Å². The van der Waals surface area contributed by atoms with Gasteiger partial charge in [0.05, 0.1) is 4.91 Å². The van der Waals surface area contributed by atoms with Crippen molar-refractivity contribution in [2.75, 3.05) is 6.54 Å². The standard InChI is InChI=1S/C10H19NO2S/c1-7(2)8-6-11-14(12,13)9(8)10(3,4)5/h7,11H,6H2,1-5H3. The molecule has 3 nitrogen and oxygen atoms in total. The summed E-state index contributed by atoms with van der Waals surface area (Å²) in [4.78, 5) is 0.583. The van der Waals surface area contributed by atoms with Crippen molar-refractivity contribution >= 4 is 10.0 Å². The fourth-order valence-corrected chi connectivity index (χ4v) is 3.80. The van der Waals surface area contributed by atoms with E-state index in [4.69, 9.17) is 0 Å². The average Bonchev–Trinajstić information content (AvgIpc) is 2.23. The predicted molar refractivity (Wildman–Crippen MR) is 58.2 cm³/mol. The lowest BCUT2D eigenvalue weighted by molar-refractivity contribution is 0.507. The Labute approximate surface area is 86.6 Å². The maximum atomic E-state index is 11.8. The highest BCUT2D eigenvalue weighted by molar-refractivity contribution is 7.93. The molecule has 0 bridgehead atoms. The smallest absolute Gasteiger partial charge is 0.207 e. The molecule has 1 aliphatic heterocycles. The maximum absolute atomic E-state index is 11.8. The molecule has 0 aliphatic carbocycles. The molecular formula is C10H19NO2S. The van der Waals surface area contributed by atoms with E-state index in [1.165, 1.54) is 0 Å². The number of sulfonamides is 1. The maximum Gasteiger partial charge on any atom is 0.237 e. The van der Waals surface area contributed by atoms with Crippen molar-refractivity contribution in [2.45, 2.75) is 34.6 Å². The van der Waals surface area contributed by atoms with Gasteiger partial charge in [0, 0.05) is 6.54 Å². The molecular weight excluding hydrogens is 198 g/mol. The molecule has 0 atom stereocenters. The van der Waals surface area contributed by atoms with Gasteiger partial charge in [-0.1, -0.05) is 34.6 Å². The number of rotatable bonds is 1. The van der Waals surface area contributed by atoms with Crippen LogP contribution in [-0.4, -0.2) is 15.0 Å². The van der Waals surface area contributed by atoms with E-state index in [1.54, 1.807) is 0 Å². The minimum atomic E-state index is -3.21. The number of hydrogen-bond acceptors (Lipinski definition) is 2. The Kier molecular flexibility index (Phi) is 2.80. The third kappa shape index (κ3) is 2.01. The fraction of sp³-hybridized carbons (Fsp3) is 0.800. The topological polar surface area (TPSA) is 46.2 Å². The van der Waals surface area contributed by atoms with Crippen LogP contribution < -0.4 is 4.72 Å². The summed E-state index contributed by atoms with van der Waals surface area (Å²) >= 11 is 0. The number of allylic oxidation sites excluding steroid dienone is 1. The second-order valence-electron chi connectivity index (χ2n) is 5.08. The van der Waals surface area contributed by atoms with E-state index in [9.17, 15) is 8.42 Å². The van der Waals surface area contributed by atoms with E-state index in [1.807, 2.05) is 34.6 Å². The molecule has 0 aromatic heterocycles. The number of nitrogens with one attached hydrogen (secondary N) is 1. The largest absolute Gasteiger partial charge is 0.237 e. The van der Waals surface area contributed by atoms with Crippen LogP contribution in [0.15, 0.2) is 10.5 Å². The lowest BCUT2D eigenvalue weighted by Crippen LogP contribution is -2.23. The first kappa shape index (κ1) is 11.7. The zero-order valence-electron chi connectivity index (χ0n) is 9.51. The summed E-state index contributed by atoms with van der Waals surface area (Å²) in [5.74, 6) is 0.286. The van der Waals surface area contributed by atoms with Crippen LogP contribution in [0.3, 0.4) is 0 Å². The molecule has 0 aromatic rings. The summed E-state index contributed by atoms with van der Waals surface area (Å²) in [5, 5.41) is 0. The molecule has 0 amide bonds. The molecule has 82 valence electrons. The van der Waals surface area contributed by atoms with E-state index in [0.29, 0.717) is 11.4 Å². The fourth-order valence-electron chi connectivity index (χ4n) is 1.85. The average molecular weight is 217 g/mol. The third-order valence-corrected chi connectivity index (χ3v) is 4.33. The van der Waals surface area contributed by atoms with Crippen molar-refractivity contribution in [3.8, 4) is 0 Å². The van der Waals surface area contributed by atoms with Gasteiger partial charge in [0.1, 0.15) is 0 Å². The van der Waals surface area contributed by atoms with Gasteiger partial charge in [0.15, 0.2) is 0 Å². The molecule has 1 aliphatic rings. The monoisotopic (exact) mass is 217 g/mol. The number of hydrogen-bond donors (Lipinski definition) is 1. The molecule has 0 radical (unpaired) electrons. The van der Waals surface area contributed by atoms with Gasteiger partial charge in [0.25, 0.3) is 0 Å². The van der Waals surface area contributed by atoms with Crippen LogP contribution in [0.25, 0.3) is 0 Å². The zero-order chi connectivity index (χ0) is 11.1. The van der Waals surface area contributed by atoms with Crippen molar-refractivity contribution < 1.29 is 8.42 Å². The molecule has 0 saturated carbocycles. The van der Waals surface area contributed by atoms with E-state index in [-0.39, 0.29) is 11.3 Å². The second kappa shape index (κ2) is 3.35. The second-order valence-corrected chi connectivity index (χ2v) is 6.79. The highest BCUT2D eigenvalue weighted by atomic mass is 32.2. The Balaban J connectivity index is 3.34. The summed E-state index contributed by atoms with van der Waals surface area (Å²) in [6.45, 7) is 10.4. The Morgan fingerprint density at radius 1 is 1.29 bits per heavy atom. The Hall–Kier alpha value is -0.350. The van der Waals surface area contributed by atoms with Gasteiger partial charge in [-0.05, 0) is 16.9 Å². The van der Waals surface area contributed by atoms with E-state index in [2.05, 4.69) is 4.72 Å². The summed E-state index contributed by atoms with van der Waals surface area (Å²) in [6.07, 6.45) is 0. The first-order chi connectivity index (χ1) is 6.16. The molecule has 1 N–H and O–H groups in total. The summed E-state index contributed by atoms with van der Waals surface area (Å²) < 4.78 is 26.1. The van der Waals surface area contributed by atoms with Crippen LogP contribution in [0.5, 0.6) is 0 Å². The Morgan fingerprint density at radius 3 is 2.07 bits per heavy atom. The van der Waals surface area contributed by atoms with Crippen molar-refractivity contribution in [1.82, 2.24) is 4.72 Å². The van der Waals surface area contributed by atoms with Crippen molar-refractivity contribution in [2.24, 2.45) is 11.3 Å². The summed E-state index contributed by atoms with van der Waals surface area (Å²) in [7, 11) is -3.21. The molecule has 14 heavy (non-hydrogen) atoms. The van der Waals surface area contributed by atoms with E-state index in [0.717, 1.165) is 5.57 Å². The van der Waals surface area contributed by atoms with Gasteiger partial charge in [-0.25, -0.2) is 13.1 Å². The lowest BCUT2D eigenvalue weighted by atomic mass is 9.89. The van der Waals surface area contributed by atoms with Crippen molar-refractivity contribution in [1.29, 1.82) is 0 Å². The Morgan fingerprint density at radius 2 is 1.79 bits per heavy atom. The normalized spacial score (nSPS) is 22.1. The van der Waals surface area contributed by atoms with Crippen LogP contribution >= 0.6 is 0 Å². The molecule has 0 spiro atoms. The molecule has 0 saturated heterocycles. The van der Waals surface area contributed by atoms with Gasteiger partial charge >= 0.3 is 0 Å². The first-order valence-electron chi connectivity index (χ1n) is 4.89. The Bertz CT molecular complexity index is 358. The molecule has 0 aromatic carbocycles. The summed E-state index contributed by atoms with van der Waals surface area (Å²) in [6, 6.07) is 0. The van der Waals surface area contributed by atoms with Gasteiger partial charge < -0.3 is 0 Å². The predicted octanol–water partition coefficient (Wildman–Crippen LogP) is 1.88.